The molecule has 0 radical (unpaired) electrons. The molecule has 7 heteroatoms. The maximum Gasteiger partial charge on any atom is 0.183 e. The van der Waals surface area contributed by atoms with Crippen molar-refractivity contribution in [3.63, 3.8) is 0 Å². The third-order valence-corrected chi connectivity index (χ3v) is 1.87. The molecule has 7 nitrogen and oxygen atoms in total. The molecule has 2 rings (SSSR count). The van der Waals surface area contributed by atoms with Gasteiger partial charge in [0.05, 0.1) is 6.61 Å². The van der Waals surface area contributed by atoms with E-state index in [9.17, 15) is 0 Å². The van der Waals surface area contributed by atoms with E-state index in [4.69, 9.17) is 16.2 Å². The number of anilines is 1. The summed E-state index contributed by atoms with van der Waals surface area (Å²) in [6, 6.07) is 0. The van der Waals surface area contributed by atoms with Crippen LogP contribution in [0.5, 0.6) is 0 Å². The Balaban J connectivity index is 2.20. The van der Waals surface area contributed by atoms with Crippen molar-refractivity contribution in [3.05, 3.63) is 12.2 Å². The highest BCUT2D eigenvalue weighted by Crippen LogP contribution is 2.13. The lowest BCUT2D eigenvalue weighted by atomic mass is 10.5. The van der Waals surface area contributed by atoms with Crippen molar-refractivity contribution in [1.82, 2.24) is 19.9 Å². The summed E-state index contributed by atoms with van der Waals surface area (Å²) in [5, 5.41) is 0. The predicted octanol–water partition coefficient (Wildman–Crippen LogP) is -0.590. The van der Waals surface area contributed by atoms with Crippen LogP contribution in [0.2, 0.25) is 0 Å². The first-order valence-electron chi connectivity index (χ1n) is 4.54. The fourth-order valence-electron chi connectivity index (χ4n) is 1.21. The molecule has 0 fully saturated rings. The van der Waals surface area contributed by atoms with E-state index >= 15 is 0 Å². The van der Waals surface area contributed by atoms with Gasteiger partial charge in [-0.2, -0.15) is 0 Å². The molecule has 0 unspecified atom stereocenters. The van der Waals surface area contributed by atoms with Crippen LogP contribution in [0, 0.1) is 0 Å². The largest absolute Gasteiger partial charge is 0.382 e. The number of nitrogens with two attached hydrogens (primary N) is 2. The summed E-state index contributed by atoms with van der Waals surface area (Å²) in [5.74, 6) is 1.06. The Labute approximate surface area is 85.9 Å². The van der Waals surface area contributed by atoms with Crippen molar-refractivity contribution >= 4 is 17.0 Å². The van der Waals surface area contributed by atoms with Crippen LogP contribution in [-0.2, 0) is 11.3 Å². The third kappa shape index (κ3) is 2.03. The van der Waals surface area contributed by atoms with Crippen molar-refractivity contribution in [2.75, 3.05) is 18.9 Å². The van der Waals surface area contributed by atoms with E-state index in [-0.39, 0.29) is 0 Å². The number of hydrogen-bond acceptors (Lipinski definition) is 6. The molecule has 0 aliphatic heterocycles. The number of rotatable bonds is 4. The Morgan fingerprint density at radius 1 is 1.40 bits per heavy atom. The topological polar surface area (TPSA) is 116 Å². The Kier molecular flexibility index (Phi) is 2.75. The van der Waals surface area contributed by atoms with Crippen molar-refractivity contribution in [1.29, 1.82) is 0 Å². The molecule has 0 saturated carbocycles. The Morgan fingerprint density at radius 3 is 3.00 bits per heavy atom. The monoisotopic (exact) mass is 208 g/mol. The van der Waals surface area contributed by atoms with Gasteiger partial charge in [-0.25, -0.2) is 15.0 Å². The molecule has 0 saturated heterocycles. The number of nitrogen functional groups attached to an aromatic ring is 1. The van der Waals surface area contributed by atoms with E-state index < -0.39 is 0 Å². The normalized spacial score (nSPS) is 11.0. The SMILES string of the molecule is NCCOCc1nc2ncnc(N)c2[nH]1. The summed E-state index contributed by atoms with van der Waals surface area (Å²) in [6.45, 7) is 1.35. The number of aromatic nitrogens is 4. The van der Waals surface area contributed by atoms with E-state index in [1.807, 2.05) is 0 Å². The molecule has 0 amide bonds. The van der Waals surface area contributed by atoms with Crippen molar-refractivity contribution in [3.8, 4) is 0 Å². The smallest absolute Gasteiger partial charge is 0.183 e. The quantitative estimate of drug-likeness (QED) is 0.578. The molecule has 2 aromatic rings. The lowest BCUT2D eigenvalue weighted by Gasteiger charge is -1.97. The zero-order chi connectivity index (χ0) is 10.7. The number of nitrogens with one attached hydrogen (secondary N) is 1. The highest BCUT2D eigenvalue weighted by atomic mass is 16.5. The Hall–Kier alpha value is -1.73. The maximum absolute atomic E-state index is 5.64. The minimum absolute atomic E-state index is 0.368. The first-order valence-corrected chi connectivity index (χ1v) is 4.54. The zero-order valence-corrected chi connectivity index (χ0v) is 8.10. The third-order valence-electron chi connectivity index (χ3n) is 1.87. The van der Waals surface area contributed by atoms with Crippen LogP contribution in [0.3, 0.4) is 0 Å². The Bertz CT molecular complexity index is 453. The van der Waals surface area contributed by atoms with Gasteiger partial charge in [-0.1, -0.05) is 0 Å². The first kappa shape index (κ1) is 9.81. The number of fused-ring (bicyclic) bond motifs is 1. The van der Waals surface area contributed by atoms with Gasteiger partial charge in [0.2, 0.25) is 0 Å². The van der Waals surface area contributed by atoms with E-state index in [0.717, 1.165) is 0 Å². The molecule has 0 aromatic carbocycles. The van der Waals surface area contributed by atoms with Gasteiger partial charge < -0.3 is 21.2 Å². The van der Waals surface area contributed by atoms with Gasteiger partial charge in [-0.05, 0) is 0 Å². The number of nitrogens with zero attached hydrogens (tertiary/aromatic N) is 3. The van der Waals surface area contributed by atoms with Crippen molar-refractivity contribution in [2.45, 2.75) is 6.61 Å². The van der Waals surface area contributed by atoms with Gasteiger partial charge in [-0.15, -0.1) is 0 Å². The van der Waals surface area contributed by atoms with Gasteiger partial charge in [0.1, 0.15) is 24.3 Å². The lowest BCUT2D eigenvalue weighted by molar-refractivity contribution is 0.123. The van der Waals surface area contributed by atoms with Crippen LogP contribution < -0.4 is 11.5 Å². The standard InChI is InChI=1S/C8H12N6O/c9-1-2-15-3-5-13-6-7(10)11-4-12-8(6)14-5/h4H,1-3,9H2,(H3,10,11,12,13,14). The van der Waals surface area contributed by atoms with Crippen molar-refractivity contribution in [2.24, 2.45) is 5.73 Å². The molecule has 5 N–H and O–H groups in total. The van der Waals surface area contributed by atoms with E-state index in [0.29, 0.717) is 42.6 Å². The van der Waals surface area contributed by atoms with Crippen molar-refractivity contribution < 1.29 is 4.74 Å². The highest BCUT2D eigenvalue weighted by molar-refractivity contribution is 5.80. The second-order valence-corrected chi connectivity index (χ2v) is 2.98. The van der Waals surface area contributed by atoms with Gasteiger partial charge in [0, 0.05) is 6.54 Å². The molecule has 0 bridgehead atoms. The van der Waals surface area contributed by atoms with Crippen LogP contribution in [0.4, 0.5) is 5.82 Å². The molecular weight excluding hydrogens is 196 g/mol. The number of imidazole rings is 1. The molecule has 0 atom stereocenters. The number of hydrogen-bond donors (Lipinski definition) is 3. The molecule has 2 heterocycles. The van der Waals surface area contributed by atoms with Gasteiger partial charge in [0.15, 0.2) is 11.5 Å². The summed E-state index contributed by atoms with van der Waals surface area (Å²) < 4.78 is 5.23. The van der Waals surface area contributed by atoms with Crippen LogP contribution in [0.15, 0.2) is 6.33 Å². The second kappa shape index (κ2) is 4.20. The average Bonchev–Trinajstić information content (AvgIpc) is 2.63. The van der Waals surface area contributed by atoms with Gasteiger partial charge in [0.25, 0.3) is 0 Å². The van der Waals surface area contributed by atoms with E-state index in [1.54, 1.807) is 0 Å². The van der Waals surface area contributed by atoms with Crippen LogP contribution in [-0.4, -0.2) is 33.1 Å². The number of aromatic amines is 1. The number of ether oxygens (including phenoxy) is 1. The lowest BCUT2D eigenvalue weighted by Crippen LogP contribution is -2.08. The fourth-order valence-corrected chi connectivity index (χ4v) is 1.21. The van der Waals surface area contributed by atoms with Crippen LogP contribution >= 0.6 is 0 Å². The molecule has 80 valence electrons. The maximum atomic E-state index is 5.64. The summed E-state index contributed by atoms with van der Waals surface area (Å²) in [6.07, 6.45) is 1.38. The molecule has 0 spiro atoms. The fraction of sp³-hybridized carbons (Fsp3) is 0.375. The van der Waals surface area contributed by atoms with E-state index in [2.05, 4.69) is 19.9 Å². The average molecular weight is 208 g/mol. The van der Waals surface area contributed by atoms with E-state index in [1.165, 1.54) is 6.33 Å². The number of H-pyrrole nitrogens is 1. The second-order valence-electron chi connectivity index (χ2n) is 2.98. The highest BCUT2D eigenvalue weighted by Gasteiger charge is 2.06. The summed E-state index contributed by atoms with van der Waals surface area (Å²) in [7, 11) is 0. The minimum Gasteiger partial charge on any atom is -0.382 e. The molecule has 0 aliphatic rings. The first-order chi connectivity index (χ1) is 7.31. The minimum atomic E-state index is 0.368. The summed E-state index contributed by atoms with van der Waals surface area (Å²) in [5.41, 5.74) is 12.1. The molecule has 2 aromatic heterocycles. The molecule has 0 aliphatic carbocycles. The molecule has 15 heavy (non-hydrogen) atoms. The Morgan fingerprint density at radius 2 is 2.27 bits per heavy atom. The summed E-state index contributed by atoms with van der Waals surface area (Å²) >= 11 is 0. The molecular formula is C8H12N6O. The zero-order valence-electron chi connectivity index (χ0n) is 8.10. The van der Waals surface area contributed by atoms with Crippen LogP contribution in [0.1, 0.15) is 5.82 Å². The predicted molar refractivity (Wildman–Crippen MR) is 54.8 cm³/mol. The van der Waals surface area contributed by atoms with Gasteiger partial charge >= 0.3 is 0 Å². The van der Waals surface area contributed by atoms with Gasteiger partial charge in [-0.3, -0.25) is 0 Å². The van der Waals surface area contributed by atoms with Crippen LogP contribution in [0.25, 0.3) is 11.2 Å². The summed E-state index contributed by atoms with van der Waals surface area (Å²) in [4.78, 5) is 15.0.